The third-order valence-electron chi connectivity index (χ3n) is 1.85. The van der Waals surface area contributed by atoms with Crippen LogP contribution in [-0.2, 0) is 12.0 Å². The summed E-state index contributed by atoms with van der Waals surface area (Å²) >= 11 is 0. The highest BCUT2D eigenvalue weighted by Crippen LogP contribution is 2.18. The fourth-order valence-electron chi connectivity index (χ4n) is 0.984. The van der Waals surface area contributed by atoms with Crippen LogP contribution in [0.2, 0.25) is 0 Å². The van der Waals surface area contributed by atoms with Crippen molar-refractivity contribution in [3.8, 4) is 0 Å². The second kappa shape index (κ2) is 3.87. The van der Waals surface area contributed by atoms with Gasteiger partial charge in [-0.2, -0.15) is 0 Å². The van der Waals surface area contributed by atoms with Gasteiger partial charge in [-0.25, -0.2) is 0 Å². The number of aliphatic hydroxyl groups excluding tert-OH is 1. The second-order valence-electron chi connectivity index (χ2n) is 4.19. The van der Waals surface area contributed by atoms with Gasteiger partial charge < -0.3 is 5.11 Å². The highest BCUT2D eigenvalue weighted by molar-refractivity contribution is 5.06. The number of hydrogen-bond acceptors (Lipinski definition) is 3. The van der Waals surface area contributed by atoms with Crippen LogP contribution in [0, 0.1) is 0 Å². The zero-order valence-electron chi connectivity index (χ0n) is 8.49. The number of aliphatic hydroxyl groups is 1. The van der Waals surface area contributed by atoms with Crippen LogP contribution in [0.15, 0.2) is 6.20 Å². The lowest BCUT2D eigenvalue weighted by atomic mass is 9.93. The predicted octanol–water partition coefficient (Wildman–Crippen LogP) is 0.958. The predicted molar refractivity (Wildman–Crippen MR) is 50.4 cm³/mol. The van der Waals surface area contributed by atoms with Crippen LogP contribution >= 0.6 is 0 Å². The normalized spacial score (nSPS) is 12.0. The van der Waals surface area contributed by atoms with Crippen molar-refractivity contribution in [1.82, 2.24) is 15.0 Å². The molecule has 4 nitrogen and oxygen atoms in total. The molecular formula is C9H17N3O. The van der Waals surface area contributed by atoms with E-state index in [0.29, 0.717) is 0 Å². The topological polar surface area (TPSA) is 50.9 Å². The van der Waals surface area contributed by atoms with E-state index in [0.717, 1.165) is 18.7 Å². The average Bonchev–Trinajstić information content (AvgIpc) is 2.47. The minimum absolute atomic E-state index is 0.0530. The summed E-state index contributed by atoms with van der Waals surface area (Å²) in [7, 11) is 0. The van der Waals surface area contributed by atoms with Gasteiger partial charge >= 0.3 is 0 Å². The van der Waals surface area contributed by atoms with Crippen LogP contribution in [0.1, 0.15) is 32.9 Å². The van der Waals surface area contributed by atoms with Crippen molar-refractivity contribution in [2.75, 3.05) is 6.61 Å². The summed E-state index contributed by atoms with van der Waals surface area (Å²) in [5.74, 6) is 0. The Morgan fingerprint density at radius 1 is 1.46 bits per heavy atom. The van der Waals surface area contributed by atoms with Crippen LogP contribution in [-0.4, -0.2) is 26.7 Å². The molecule has 13 heavy (non-hydrogen) atoms. The largest absolute Gasteiger partial charge is 0.396 e. The summed E-state index contributed by atoms with van der Waals surface area (Å²) in [6, 6.07) is 0. The minimum Gasteiger partial charge on any atom is -0.396 e. The molecule has 0 radical (unpaired) electrons. The first kappa shape index (κ1) is 10.2. The van der Waals surface area contributed by atoms with Crippen molar-refractivity contribution in [3.63, 3.8) is 0 Å². The van der Waals surface area contributed by atoms with Gasteiger partial charge in [0.15, 0.2) is 0 Å². The maximum Gasteiger partial charge on any atom is 0.0880 e. The van der Waals surface area contributed by atoms with Gasteiger partial charge in [-0.05, 0) is 6.42 Å². The summed E-state index contributed by atoms with van der Waals surface area (Å²) in [5.41, 5.74) is 1.04. The molecule has 0 spiro atoms. The quantitative estimate of drug-likeness (QED) is 0.759. The van der Waals surface area contributed by atoms with Crippen molar-refractivity contribution in [2.24, 2.45) is 0 Å². The van der Waals surface area contributed by atoms with E-state index in [4.69, 9.17) is 5.11 Å². The molecule has 0 aliphatic heterocycles. The van der Waals surface area contributed by atoms with Gasteiger partial charge in [0.25, 0.3) is 0 Å². The molecule has 0 fully saturated rings. The molecule has 0 bridgehead atoms. The molecule has 4 heteroatoms. The minimum atomic E-state index is 0.0530. The Morgan fingerprint density at radius 3 is 2.62 bits per heavy atom. The molecule has 0 atom stereocenters. The molecule has 0 aliphatic rings. The van der Waals surface area contributed by atoms with Gasteiger partial charge in [-0.1, -0.05) is 26.0 Å². The van der Waals surface area contributed by atoms with Gasteiger partial charge in [0.05, 0.1) is 5.69 Å². The van der Waals surface area contributed by atoms with Crippen molar-refractivity contribution < 1.29 is 5.11 Å². The van der Waals surface area contributed by atoms with E-state index in [2.05, 4.69) is 31.1 Å². The molecule has 0 aromatic carbocycles. The summed E-state index contributed by atoms with van der Waals surface area (Å²) in [5, 5.41) is 16.7. The molecule has 1 rings (SSSR count). The molecule has 1 N–H and O–H groups in total. The van der Waals surface area contributed by atoms with Gasteiger partial charge in [-0.3, -0.25) is 4.68 Å². The Bertz CT molecular complexity index is 262. The van der Waals surface area contributed by atoms with Crippen molar-refractivity contribution in [3.05, 3.63) is 11.9 Å². The molecule has 0 saturated carbocycles. The maximum atomic E-state index is 8.63. The average molecular weight is 183 g/mol. The van der Waals surface area contributed by atoms with Crippen molar-refractivity contribution >= 4 is 0 Å². The fourth-order valence-corrected chi connectivity index (χ4v) is 0.984. The monoisotopic (exact) mass is 183 g/mol. The van der Waals surface area contributed by atoms with Crippen molar-refractivity contribution in [2.45, 2.75) is 39.2 Å². The maximum absolute atomic E-state index is 8.63. The Labute approximate surface area is 78.6 Å². The number of aryl methyl sites for hydroxylation is 1. The van der Waals surface area contributed by atoms with E-state index in [1.807, 2.05) is 6.20 Å². The number of nitrogens with zero attached hydrogens (tertiary/aromatic N) is 3. The standard InChI is InChI=1S/C9H17N3O/c1-9(2,3)8-7-12(11-10-8)5-4-6-13/h7,13H,4-6H2,1-3H3. The Morgan fingerprint density at radius 2 is 2.15 bits per heavy atom. The number of hydrogen-bond donors (Lipinski definition) is 1. The summed E-state index contributed by atoms with van der Waals surface area (Å²) in [4.78, 5) is 0. The second-order valence-corrected chi connectivity index (χ2v) is 4.19. The molecule has 74 valence electrons. The van der Waals surface area contributed by atoms with Gasteiger partial charge in [0, 0.05) is 24.8 Å². The molecule has 0 aliphatic carbocycles. The lowest BCUT2D eigenvalue weighted by molar-refractivity contribution is 0.276. The van der Waals surface area contributed by atoms with Crippen LogP contribution in [0.25, 0.3) is 0 Å². The van der Waals surface area contributed by atoms with Gasteiger partial charge in [-0.15, -0.1) is 5.10 Å². The molecule has 1 aromatic heterocycles. The van der Waals surface area contributed by atoms with E-state index in [9.17, 15) is 0 Å². The molecule has 0 saturated heterocycles. The van der Waals surface area contributed by atoms with Crippen LogP contribution < -0.4 is 0 Å². The van der Waals surface area contributed by atoms with Crippen LogP contribution in [0.4, 0.5) is 0 Å². The highest BCUT2D eigenvalue weighted by Gasteiger charge is 2.17. The fraction of sp³-hybridized carbons (Fsp3) is 0.778. The molecular weight excluding hydrogens is 166 g/mol. The first-order valence-electron chi connectivity index (χ1n) is 4.55. The zero-order chi connectivity index (χ0) is 9.90. The molecule has 1 aromatic rings. The van der Waals surface area contributed by atoms with E-state index < -0.39 is 0 Å². The lowest BCUT2D eigenvalue weighted by Gasteiger charge is -2.12. The molecule has 0 unspecified atom stereocenters. The Balaban J connectivity index is 2.64. The Hall–Kier alpha value is -0.900. The van der Waals surface area contributed by atoms with Gasteiger partial charge in [0.1, 0.15) is 0 Å². The SMILES string of the molecule is CC(C)(C)c1cn(CCCO)nn1. The zero-order valence-corrected chi connectivity index (χ0v) is 8.49. The number of aromatic nitrogens is 3. The Kier molecular flexibility index (Phi) is 3.03. The third kappa shape index (κ3) is 2.81. The van der Waals surface area contributed by atoms with E-state index in [-0.39, 0.29) is 12.0 Å². The van der Waals surface area contributed by atoms with Crippen LogP contribution in [0.5, 0.6) is 0 Å². The summed E-state index contributed by atoms with van der Waals surface area (Å²) in [6.07, 6.45) is 2.67. The van der Waals surface area contributed by atoms with Crippen LogP contribution in [0.3, 0.4) is 0 Å². The van der Waals surface area contributed by atoms with Crippen molar-refractivity contribution in [1.29, 1.82) is 0 Å². The van der Waals surface area contributed by atoms with E-state index in [1.165, 1.54) is 0 Å². The first-order valence-corrected chi connectivity index (χ1v) is 4.55. The van der Waals surface area contributed by atoms with Gasteiger partial charge in [0.2, 0.25) is 0 Å². The highest BCUT2D eigenvalue weighted by atomic mass is 16.3. The third-order valence-corrected chi connectivity index (χ3v) is 1.85. The lowest BCUT2D eigenvalue weighted by Crippen LogP contribution is -2.11. The smallest absolute Gasteiger partial charge is 0.0880 e. The van der Waals surface area contributed by atoms with E-state index >= 15 is 0 Å². The molecule has 1 heterocycles. The summed E-state index contributed by atoms with van der Waals surface area (Å²) in [6.45, 7) is 7.25. The van der Waals surface area contributed by atoms with E-state index in [1.54, 1.807) is 4.68 Å². The molecule has 0 amide bonds. The summed E-state index contributed by atoms with van der Waals surface area (Å²) < 4.78 is 1.77. The first-order chi connectivity index (χ1) is 6.04. The number of rotatable bonds is 3.